The standard InChI is InChI=1S/C8H14F2.C3H4/c1-8(9,10)7-5-3-2-4-6-7;1-3-2/h7H,2-6H2,1H3;1H,2H3. The van der Waals surface area contributed by atoms with Gasteiger partial charge in [0.1, 0.15) is 0 Å². The van der Waals surface area contributed by atoms with Crippen molar-refractivity contribution in [1.29, 1.82) is 0 Å². The van der Waals surface area contributed by atoms with Gasteiger partial charge in [0.05, 0.1) is 0 Å². The van der Waals surface area contributed by atoms with Crippen LogP contribution >= 0.6 is 0 Å². The smallest absolute Gasteiger partial charge is 0.207 e. The van der Waals surface area contributed by atoms with E-state index in [2.05, 4.69) is 12.3 Å². The van der Waals surface area contributed by atoms with Crippen molar-refractivity contribution < 1.29 is 8.78 Å². The molecule has 0 saturated heterocycles. The molecule has 0 spiro atoms. The van der Waals surface area contributed by atoms with Crippen molar-refractivity contribution in [3.8, 4) is 12.3 Å². The van der Waals surface area contributed by atoms with E-state index in [9.17, 15) is 8.78 Å². The van der Waals surface area contributed by atoms with E-state index in [1.807, 2.05) is 0 Å². The highest BCUT2D eigenvalue weighted by Crippen LogP contribution is 2.35. The Hall–Kier alpha value is -0.580. The molecule has 0 aromatic heterocycles. The summed E-state index contributed by atoms with van der Waals surface area (Å²) in [6.07, 6.45) is 9.18. The molecule has 0 aromatic rings. The minimum Gasteiger partial charge on any atom is -0.207 e. The minimum absolute atomic E-state index is 0.332. The van der Waals surface area contributed by atoms with Gasteiger partial charge in [0.2, 0.25) is 5.92 Å². The van der Waals surface area contributed by atoms with E-state index < -0.39 is 5.92 Å². The predicted molar refractivity (Wildman–Crippen MR) is 51.7 cm³/mol. The fourth-order valence-corrected chi connectivity index (χ4v) is 1.61. The van der Waals surface area contributed by atoms with E-state index in [1.54, 1.807) is 6.92 Å². The summed E-state index contributed by atoms with van der Waals surface area (Å²) in [5, 5.41) is 0. The Morgan fingerprint density at radius 1 is 1.23 bits per heavy atom. The van der Waals surface area contributed by atoms with Crippen LogP contribution in [0, 0.1) is 18.3 Å². The highest BCUT2D eigenvalue weighted by molar-refractivity contribution is 4.75. The number of rotatable bonds is 1. The summed E-state index contributed by atoms with van der Waals surface area (Å²) in [7, 11) is 0. The second-order valence-electron chi connectivity index (χ2n) is 3.58. The second-order valence-corrected chi connectivity index (χ2v) is 3.58. The van der Waals surface area contributed by atoms with Crippen LogP contribution in [0.5, 0.6) is 0 Å². The summed E-state index contributed by atoms with van der Waals surface area (Å²) in [6, 6.07) is 0. The van der Waals surface area contributed by atoms with Gasteiger partial charge in [0.15, 0.2) is 0 Å². The first-order chi connectivity index (χ1) is 6.02. The average Bonchev–Trinajstić information content (AvgIpc) is 2.06. The summed E-state index contributed by atoms with van der Waals surface area (Å²) in [4.78, 5) is 0. The highest BCUT2D eigenvalue weighted by Gasteiger charge is 2.34. The highest BCUT2D eigenvalue weighted by atomic mass is 19.3. The molecule has 0 atom stereocenters. The molecule has 1 rings (SSSR count). The maximum atomic E-state index is 12.6. The number of halogens is 2. The third-order valence-corrected chi connectivity index (χ3v) is 2.32. The largest absolute Gasteiger partial charge is 0.248 e. The van der Waals surface area contributed by atoms with Crippen LogP contribution in [0.15, 0.2) is 0 Å². The Labute approximate surface area is 79.7 Å². The average molecular weight is 188 g/mol. The third-order valence-electron chi connectivity index (χ3n) is 2.32. The molecule has 0 aliphatic heterocycles. The van der Waals surface area contributed by atoms with Gasteiger partial charge in [-0.3, -0.25) is 0 Å². The molecule has 0 heterocycles. The van der Waals surface area contributed by atoms with Gasteiger partial charge in [-0.05, 0) is 26.7 Å². The fraction of sp³-hybridized carbons (Fsp3) is 0.818. The van der Waals surface area contributed by atoms with E-state index in [-0.39, 0.29) is 5.92 Å². The normalized spacial score (nSPS) is 18.4. The Kier molecular flexibility index (Phi) is 5.70. The lowest BCUT2D eigenvalue weighted by molar-refractivity contribution is -0.0528. The fourth-order valence-electron chi connectivity index (χ4n) is 1.61. The van der Waals surface area contributed by atoms with Crippen molar-refractivity contribution in [2.75, 3.05) is 0 Å². The summed E-state index contributed by atoms with van der Waals surface area (Å²) < 4.78 is 25.2. The molecule has 0 aromatic carbocycles. The molecule has 0 unspecified atom stereocenters. The summed E-state index contributed by atoms with van der Waals surface area (Å²) in [6.45, 7) is 2.70. The zero-order valence-electron chi connectivity index (χ0n) is 8.45. The molecular formula is C11H18F2. The molecule has 1 saturated carbocycles. The molecule has 0 bridgehead atoms. The molecule has 13 heavy (non-hydrogen) atoms. The Balaban J connectivity index is 0.000000424. The Morgan fingerprint density at radius 2 is 1.62 bits per heavy atom. The van der Waals surface area contributed by atoms with Crippen molar-refractivity contribution in [1.82, 2.24) is 0 Å². The number of terminal acetylenes is 1. The molecule has 1 aliphatic carbocycles. The SMILES string of the molecule is C#CC.CC(F)(F)C1CCCCC1. The van der Waals surface area contributed by atoms with Crippen molar-refractivity contribution >= 4 is 0 Å². The van der Waals surface area contributed by atoms with Crippen molar-refractivity contribution in [2.45, 2.75) is 51.9 Å². The third kappa shape index (κ3) is 5.63. The minimum atomic E-state index is -2.43. The van der Waals surface area contributed by atoms with Crippen LogP contribution in [0.25, 0.3) is 0 Å². The van der Waals surface area contributed by atoms with E-state index >= 15 is 0 Å². The summed E-state index contributed by atoms with van der Waals surface area (Å²) >= 11 is 0. The molecule has 1 aliphatic rings. The van der Waals surface area contributed by atoms with Gasteiger partial charge in [0.25, 0.3) is 0 Å². The van der Waals surface area contributed by atoms with E-state index in [0.29, 0.717) is 0 Å². The maximum absolute atomic E-state index is 12.6. The van der Waals surface area contributed by atoms with Gasteiger partial charge in [-0.1, -0.05) is 19.3 Å². The lowest BCUT2D eigenvalue weighted by Crippen LogP contribution is -2.26. The first kappa shape index (κ1) is 12.4. The molecule has 2 heteroatoms. The zero-order chi connectivity index (χ0) is 10.3. The van der Waals surface area contributed by atoms with Gasteiger partial charge in [0, 0.05) is 5.92 Å². The van der Waals surface area contributed by atoms with Gasteiger partial charge in [-0.15, -0.1) is 12.3 Å². The van der Waals surface area contributed by atoms with Crippen LogP contribution in [0.2, 0.25) is 0 Å². The van der Waals surface area contributed by atoms with Crippen molar-refractivity contribution in [3.63, 3.8) is 0 Å². The molecular weight excluding hydrogens is 170 g/mol. The van der Waals surface area contributed by atoms with Gasteiger partial charge >= 0.3 is 0 Å². The van der Waals surface area contributed by atoms with Gasteiger partial charge < -0.3 is 0 Å². The monoisotopic (exact) mass is 188 g/mol. The zero-order valence-corrected chi connectivity index (χ0v) is 8.45. The van der Waals surface area contributed by atoms with Crippen LogP contribution in [0.3, 0.4) is 0 Å². The summed E-state index contributed by atoms with van der Waals surface area (Å²) in [5.74, 6) is -0.512. The molecule has 0 nitrogen and oxygen atoms in total. The Morgan fingerprint density at radius 3 is 1.85 bits per heavy atom. The lowest BCUT2D eigenvalue weighted by Gasteiger charge is -2.26. The second kappa shape index (κ2) is 5.96. The van der Waals surface area contributed by atoms with Crippen LogP contribution in [0.4, 0.5) is 8.78 Å². The van der Waals surface area contributed by atoms with E-state index in [4.69, 9.17) is 0 Å². The lowest BCUT2D eigenvalue weighted by atomic mass is 9.85. The summed E-state index contributed by atoms with van der Waals surface area (Å²) in [5.41, 5.74) is 0. The van der Waals surface area contributed by atoms with Crippen molar-refractivity contribution in [3.05, 3.63) is 0 Å². The molecule has 0 radical (unpaired) electrons. The van der Waals surface area contributed by atoms with E-state index in [0.717, 1.165) is 39.0 Å². The van der Waals surface area contributed by atoms with Crippen LogP contribution in [0.1, 0.15) is 46.0 Å². The van der Waals surface area contributed by atoms with Crippen molar-refractivity contribution in [2.24, 2.45) is 5.92 Å². The first-order valence-electron chi connectivity index (χ1n) is 4.77. The predicted octanol–water partition coefficient (Wildman–Crippen LogP) is 3.86. The first-order valence-corrected chi connectivity index (χ1v) is 4.77. The van der Waals surface area contributed by atoms with Gasteiger partial charge in [-0.25, -0.2) is 8.78 Å². The van der Waals surface area contributed by atoms with Gasteiger partial charge in [-0.2, -0.15) is 0 Å². The number of hydrogen-bond donors (Lipinski definition) is 0. The topological polar surface area (TPSA) is 0 Å². The van der Waals surface area contributed by atoms with Crippen LogP contribution in [-0.2, 0) is 0 Å². The maximum Gasteiger partial charge on any atom is 0.248 e. The molecule has 0 amide bonds. The Bertz CT molecular complexity index is 156. The number of alkyl halides is 2. The number of hydrogen-bond acceptors (Lipinski definition) is 0. The van der Waals surface area contributed by atoms with E-state index in [1.165, 1.54) is 0 Å². The van der Waals surface area contributed by atoms with Crippen LogP contribution in [-0.4, -0.2) is 5.92 Å². The molecule has 0 N–H and O–H groups in total. The molecule has 1 fully saturated rings. The quantitative estimate of drug-likeness (QED) is 0.548. The van der Waals surface area contributed by atoms with Crippen LogP contribution < -0.4 is 0 Å². The molecule has 76 valence electrons.